The van der Waals surface area contributed by atoms with Crippen LogP contribution < -0.4 is 5.32 Å². The normalized spacial score (nSPS) is 22.2. The quantitative estimate of drug-likeness (QED) is 0.826. The van der Waals surface area contributed by atoms with Gasteiger partial charge in [-0.1, -0.05) is 6.07 Å². The summed E-state index contributed by atoms with van der Waals surface area (Å²) in [5.74, 6) is 0. The minimum Gasteiger partial charge on any atom is -0.378 e. The van der Waals surface area contributed by atoms with Crippen LogP contribution in [0.25, 0.3) is 0 Å². The van der Waals surface area contributed by atoms with Crippen molar-refractivity contribution in [3.05, 3.63) is 30.1 Å². The molecular formula is C13H20N2O. The third kappa shape index (κ3) is 3.29. The zero-order chi connectivity index (χ0) is 11.2. The summed E-state index contributed by atoms with van der Waals surface area (Å²) >= 11 is 0. The van der Waals surface area contributed by atoms with E-state index in [1.807, 2.05) is 18.5 Å². The highest BCUT2D eigenvalue weighted by molar-refractivity contribution is 5.12. The molecule has 0 spiro atoms. The van der Waals surface area contributed by atoms with Crippen molar-refractivity contribution < 1.29 is 4.74 Å². The van der Waals surface area contributed by atoms with Crippen molar-refractivity contribution in [2.75, 3.05) is 13.2 Å². The Kier molecular flexibility index (Phi) is 4.31. The molecule has 0 aromatic carbocycles. The number of nitrogens with zero attached hydrogens (tertiary/aromatic N) is 1. The molecule has 2 heterocycles. The van der Waals surface area contributed by atoms with E-state index in [1.54, 1.807) is 0 Å². The van der Waals surface area contributed by atoms with Gasteiger partial charge in [0, 0.05) is 25.0 Å². The van der Waals surface area contributed by atoms with Gasteiger partial charge in [-0.2, -0.15) is 0 Å². The molecule has 1 aliphatic rings. The lowest BCUT2D eigenvalue weighted by molar-refractivity contribution is 0.103. The number of aromatic nitrogens is 1. The highest BCUT2D eigenvalue weighted by Gasteiger charge is 2.15. The number of ether oxygens (including phenoxy) is 1. The van der Waals surface area contributed by atoms with E-state index < -0.39 is 0 Å². The molecule has 0 bridgehead atoms. The third-order valence-corrected chi connectivity index (χ3v) is 3.13. The summed E-state index contributed by atoms with van der Waals surface area (Å²) in [7, 11) is 0. The third-order valence-electron chi connectivity index (χ3n) is 3.13. The maximum Gasteiger partial charge on any atom is 0.0588 e. The molecule has 0 saturated carbocycles. The second kappa shape index (κ2) is 5.97. The highest BCUT2D eigenvalue weighted by Crippen LogP contribution is 2.15. The average Bonchev–Trinajstić information content (AvgIpc) is 2.83. The zero-order valence-corrected chi connectivity index (χ0v) is 9.86. The highest BCUT2D eigenvalue weighted by atomic mass is 16.5. The van der Waals surface area contributed by atoms with Crippen molar-refractivity contribution in [3.63, 3.8) is 0 Å². The Hall–Kier alpha value is -0.930. The first-order valence-electron chi connectivity index (χ1n) is 6.11. The number of hydrogen-bond donors (Lipinski definition) is 1. The molecule has 3 nitrogen and oxygen atoms in total. The fourth-order valence-corrected chi connectivity index (χ4v) is 2.08. The Bertz CT molecular complexity index is 296. The van der Waals surface area contributed by atoms with Crippen LogP contribution in [0.2, 0.25) is 0 Å². The van der Waals surface area contributed by atoms with Gasteiger partial charge in [-0.15, -0.1) is 0 Å². The number of rotatable bonds is 5. The summed E-state index contributed by atoms with van der Waals surface area (Å²) in [5.41, 5.74) is 1.25. The standard InChI is InChI=1S/C13H20N2O/c1-11(12-4-2-7-14-10-12)15-8-6-13-5-3-9-16-13/h2,4,7,10-11,13,15H,3,5-6,8-9H2,1H3. The summed E-state index contributed by atoms with van der Waals surface area (Å²) < 4.78 is 5.59. The predicted octanol–water partition coefficient (Wildman–Crippen LogP) is 2.30. The minimum atomic E-state index is 0.370. The molecule has 2 rings (SSSR count). The van der Waals surface area contributed by atoms with Gasteiger partial charge in [-0.3, -0.25) is 4.98 Å². The molecule has 3 heteroatoms. The summed E-state index contributed by atoms with van der Waals surface area (Å²) in [6.07, 6.45) is 7.77. The van der Waals surface area contributed by atoms with Crippen LogP contribution in [0.5, 0.6) is 0 Å². The summed E-state index contributed by atoms with van der Waals surface area (Å²) in [6, 6.07) is 4.46. The predicted molar refractivity (Wildman–Crippen MR) is 64.2 cm³/mol. The first-order valence-corrected chi connectivity index (χ1v) is 6.11. The molecule has 1 aliphatic heterocycles. The topological polar surface area (TPSA) is 34.1 Å². The molecule has 1 aromatic heterocycles. The largest absolute Gasteiger partial charge is 0.378 e. The van der Waals surface area contributed by atoms with Crippen LogP contribution in [-0.2, 0) is 4.74 Å². The molecule has 0 radical (unpaired) electrons. The van der Waals surface area contributed by atoms with Crippen LogP contribution in [0, 0.1) is 0 Å². The van der Waals surface area contributed by atoms with E-state index >= 15 is 0 Å². The van der Waals surface area contributed by atoms with Crippen LogP contribution in [0.4, 0.5) is 0 Å². The van der Waals surface area contributed by atoms with Gasteiger partial charge in [-0.05, 0) is 44.4 Å². The minimum absolute atomic E-state index is 0.370. The summed E-state index contributed by atoms with van der Waals surface area (Å²) in [5, 5.41) is 3.51. The number of hydrogen-bond acceptors (Lipinski definition) is 3. The van der Waals surface area contributed by atoms with Crippen molar-refractivity contribution >= 4 is 0 Å². The van der Waals surface area contributed by atoms with Crippen LogP contribution in [0.3, 0.4) is 0 Å². The van der Waals surface area contributed by atoms with E-state index in [-0.39, 0.29) is 0 Å². The number of nitrogens with one attached hydrogen (secondary N) is 1. The summed E-state index contributed by atoms with van der Waals surface area (Å²) in [4.78, 5) is 4.13. The van der Waals surface area contributed by atoms with Crippen molar-refractivity contribution in [1.82, 2.24) is 10.3 Å². The Morgan fingerprint density at radius 2 is 2.56 bits per heavy atom. The van der Waals surface area contributed by atoms with Gasteiger partial charge in [0.1, 0.15) is 0 Å². The Balaban J connectivity index is 1.69. The molecule has 2 atom stereocenters. The average molecular weight is 220 g/mol. The van der Waals surface area contributed by atoms with Crippen LogP contribution in [0.15, 0.2) is 24.5 Å². The second-order valence-electron chi connectivity index (χ2n) is 4.39. The van der Waals surface area contributed by atoms with Gasteiger partial charge >= 0.3 is 0 Å². The van der Waals surface area contributed by atoms with Crippen LogP contribution >= 0.6 is 0 Å². The Morgan fingerprint density at radius 1 is 1.62 bits per heavy atom. The molecule has 1 N–H and O–H groups in total. The Labute approximate surface area is 97.2 Å². The van der Waals surface area contributed by atoms with E-state index in [1.165, 1.54) is 18.4 Å². The fraction of sp³-hybridized carbons (Fsp3) is 0.615. The lowest BCUT2D eigenvalue weighted by Crippen LogP contribution is -2.23. The van der Waals surface area contributed by atoms with Gasteiger partial charge in [0.25, 0.3) is 0 Å². The van der Waals surface area contributed by atoms with Gasteiger partial charge in [0.15, 0.2) is 0 Å². The zero-order valence-electron chi connectivity index (χ0n) is 9.86. The van der Waals surface area contributed by atoms with Gasteiger partial charge < -0.3 is 10.1 Å². The van der Waals surface area contributed by atoms with Crippen LogP contribution in [0.1, 0.15) is 37.8 Å². The molecule has 88 valence electrons. The first kappa shape index (κ1) is 11.6. The van der Waals surface area contributed by atoms with Gasteiger partial charge in [0.2, 0.25) is 0 Å². The maximum atomic E-state index is 5.59. The summed E-state index contributed by atoms with van der Waals surface area (Å²) in [6.45, 7) is 4.13. The Morgan fingerprint density at radius 3 is 3.25 bits per heavy atom. The monoisotopic (exact) mass is 220 g/mol. The maximum absolute atomic E-state index is 5.59. The van der Waals surface area contributed by atoms with E-state index in [0.29, 0.717) is 12.1 Å². The molecule has 1 saturated heterocycles. The molecule has 1 aromatic rings. The number of pyridine rings is 1. The lowest BCUT2D eigenvalue weighted by Gasteiger charge is -2.15. The molecule has 1 fully saturated rings. The SMILES string of the molecule is CC(NCCC1CCCO1)c1cccnc1. The molecule has 0 aliphatic carbocycles. The molecular weight excluding hydrogens is 200 g/mol. The van der Waals surface area contributed by atoms with E-state index in [2.05, 4.69) is 23.3 Å². The second-order valence-corrected chi connectivity index (χ2v) is 4.39. The van der Waals surface area contributed by atoms with Crippen molar-refractivity contribution in [2.24, 2.45) is 0 Å². The van der Waals surface area contributed by atoms with Crippen molar-refractivity contribution in [3.8, 4) is 0 Å². The van der Waals surface area contributed by atoms with E-state index in [9.17, 15) is 0 Å². The smallest absolute Gasteiger partial charge is 0.0588 e. The van der Waals surface area contributed by atoms with E-state index in [0.717, 1.165) is 19.6 Å². The lowest BCUT2D eigenvalue weighted by atomic mass is 10.1. The van der Waals surface area contributed by atoms with Gasteiger partial charge in [-0.25, -0.2) is 0 Å². The van der Waals surface area contributed by atoms with E-state index in [4.69, 9.17) is 4.74 Å². The molecule has 2 unspecified atom stereocenters. The van der Waals surface area contributed by atoms with Crippen LogP contribution in [-0.4, -0.2) is 24.2 Å². The van der Waals surface area contributed by atoms with Gasteiger partial charge in [0.05, 0.1) is 6.10 Å². The van der Waals surface area contributed by atoms with Crippen molar-refractivity contribution in [1.29, 1.82) is 0 Å². The molecule has 0 amide bonds. The fourth-order valence-electron chi connectivity index (χ4n) is 2.08. The first-order chi connectivity index (χ1) is 7.86. The molecule has 16 heavy (non-hydrogen) atoms. The van der Waals surface area contributed by atoms with Crippen molar-refractivity contribution in [2.45, 2.75) is 38.3 Å².